The lowest BCUT2D eigenvalue weighted by Gasteiger charge is -2.38. The molecular formula is C18H26N4O2. The fraction of sp³-hybridized carbons (Fsp3) is 0.556. The molecule has 0 aromatic heterocycles. The normalized spacial score (nSPS) is 22.4. The first-order chi connectivity index (χ1) is 11.6. The second kappa shape index (κ2) is 7.66. The van der Waals surface area contributed by atoms with Crippen molar-refractivity contribution in [2.24, 2.45) is 5.73 Å². The molecule has 1 aromatic rings. The Morgan fingerprint density at radius 2 is 1.71 bits per heavy atom. The average molecular weight is 330 g/mol. The van der Waals surface area contributed by atoms with Gasteiger partial charge in [0.25, 0.3) is 0 Å². The molecule has 24 heavy (non-hydrogen) atoms. The van der Waals surface area contributed by atoms with Gasteiger partial charge in [0.1, 0.15) is 6.04 Å². The van der Waals surface area contributed by atoms with Crippen LogP contribution in [0.2, 0.25) is 0 Å². The van der Waals surface area contributed by atoms with Crippen molar-refractivity contribution in [2.75, 3.05) is 44.2 Å². The van der Waals surface area contributed by atoms with Crippen LogP contribution in [0.3, 0.4) is 0 Å². The Balaban J connectivity index is 1.52. The second-order valence-corrected chi connectivity index (χ2v) is 6.60. The molecule has 2 aliphatic rings. The molecule has 130 valence electrons. The number of anilines is 1. The molecule has 2 aliphatic heterocycles. The first-order valence-corrected chi connectivity index (χ1v) is 8.76. The molecule has 6 nitrogen and oxygen atoms in total. The van der Waals surface area contributed by atoms with E-state index in [1.54, 1.807) is 4.90 Å². The standard InChI is InChI=1S/C18H26N4O2/c19-18(24)16-8-4-5-9-22(16)17(23)14-20-10-12-21(13-11-20)15-6-2-1-3-7-15/h1-3,6-7,16H,4-5,8-14H2,(H2,19,24)/t16-/m0/s1. The van der Waals surface area contributed by atoms with Crippen molar-refractivity contribution in [3.63, 3.8) is 0 Å². The van der Waals surface area contributed by atoms with E-state index in [2.05, 4.69) is 21.9 Å². The first kappa shape index (κ1) is 16.8. The average Bonchev–Trinajstić information content (AvgIpc) is 2.63. The molecule has 0 saturated carbocycles. The lowest BCUT2D eigenvalue weighted by atomic mass is 10.0. The quantitative estimate of drug-likeness (QED) is 0.881. The number of para-hydroxylation sites is 1. The summed E-state index contributed by atoms with van der Waals surface area (Å²) in [6.45, 7) is 4.57. The summed E-state index contributed by atoms with van der Waals surface area (Å²) < 4.78 is 0. The second-order valence-electron chi connectivity index (χ2n) is 6.60. The zero-order valence-electron chi connectivity index (χ0n) is 14.1. The maximum Gasteiger partial charge on any atom is 0.240 e. The summed E-state index contributed by atoms with van der Waals surface area (Å²) in [5, 5.41) is 0. The molecule has 0 bridgehead atoms. The Labute approximate surface area is 143 Å². The number of hydrogen-bond acceptors (Lipinski definition) is 4. The molecule has 2 heterocycles. The zero-order valence-corrected chi connectivity index (χ0v) is 14.1. The molecule has 2 N–H and O–H groups in total. The van der Waals surface area contributed by atoms with Crippen molar-refractivity contribution in [3.05, 3.63) is 30.3 Å². The van der Waals surface area contributed by atoms with Crippen LogP contribution in [0.25, 0.3) is 0 Å². The van der Waals surface area contributed by atoms with Crippen LogP contribution < -0.4 is 10.6 Å². The minimum absolute atomic E-state index is 0.0339. The molecule has 6 heteroatoms. The third-order valence-corrected chi connectivity index (χ3v) is 5.00. The molecule has 0 unspecified atom stereocenters. The number of piperidine rings is 1. The van der Waals surface area contributed by atoms with Gasteiger partial charge in [-0.1, -0.05) is 18.2 Å². The summed E-state index contributed by atoms with van der Waals surface area (Å²) in [5.74, 6) is -0.344. The van der Waals surface area contributed by atoms with E-state index in [-0.39, 0.29) is 11.8 Å². The van der Waals surface area contributed by atoms with Crippen LogP contribution >= 0.6 is 0 Å². The highest BCUT2D eigenvalue weighted by molar-refractivity contribution is 5.87. The van der Waals surface area contributed by atoms with Gasteiger partial charge in [-0.15, -0.1) is 0 Å². The number of carbonyl (C=O) groups excluding carboxylic acids is 2. The Morgan fingerprint density at radius 1 is 1.00 bits per heavy atom. The van der Waals surface area contributed by atoms with Crippen LogP contribution in [0.15, 0.2) is 30.3 Å². The van der Waals surface area contributed by atoms with E-state index in [4.69, 9.17) is 5.73 Å². The van der Waals surface area contributed by atoms with E-state index >= 15 is 0 Å². The summed E-state index contributed by atoms with van der Waals surface area (Å²) in [7, 11) is 0. The van der Waals surface area contributed by atoms with E-state index in [9.17, 15) is 9.59 Å². The number of likely N-dealkylation sites (tertiary alicyclic amines) is 1. The van der Waals surface area contributed by atoms with Crippen LogP contribution in [0, 0.1) is 0 Å². The summed E-state index contributed by atoms with van der Waals surface area (Å²) >= 11 is 0. The van der Waals surface area contributed by atoms with Crippen molar-refractivity contribution in [1.29, 1.82) is 0 Å². The van der Waals surface area contributed by atoms with Gasteiger partial charge in [-0.05, 0) is 31.4 Å². The molecule has 2 saturated heterocycles. The van der Waals surface area contributed by atoms with Gasteiger partial charge in [0.15, 0.2) is 0 Å². The van der Waals surface area contributed by atoms with Crippen molar-refractivity contribution in [3.8, 4) is 0 Å². The van der Waals surface area contributed by atoms with Gasteiger partial charge in [0.05, 0.1) is 6.54 Å². The van der Waals surface area contributed by atoms with Crippen molar-refractivity contribution >= 4 is 17.5 Å². The largest absolute Gasteiger partial charge is 0.369 e. The van der Waals surface area contributed by atoms with E-state index in [0.29, 0.717) is 19.5 Å². The smallest absolute Gasteiger partial charge is 0.240 e. The molecule has 2 amide bonds. The topological polar surface area (TPSA) is 69.9 Å². The number of hydrogen-bond donors (Lipinski definition) is 1. The van der Waals surface area contributed by atoms with Gasteiger partial charge in [0, 0.05) is 38.4 Å². The van der Waals surface area contributed by atoms with E-state index in [1.807, 2.05) is 18.2 Å². The van der Waals surface area contributed by atoms with Gasteiger partial charge in [-0.3, -0.25) is 14.5 Å². The number of amides is 2. The molecule has 1 aromatic carbocycles. The van der Waals surface area contributed by atoms with Crippen LogP contribution in [0.5, 0.6) is 0 Å². The lowest BCUT2D eigenvalue weighted by Crippen LogP contribution is -2.55. The van der Waals surface area contributed by atoms with Crippen LogP contribution in [0.1, 0.15) is 19.3 Å². The summed E-state index contributed by atoms with van der Waals surface area (Å²) in [4.78, 5) is 30.4. The predicted octanol–water partition coefficient (Wildman–Crippen LogP) is 0.675. The van der Waals surface area contributed by atoms with Crippen LogP contribution in [-0.4, -0.2) is 66.9 Å². The van der Waals surface area contributed by atoms with Gasteiger partial charge in [-0.2, -0.15) is 0 Å². The summed E-state index contributed by atoms with van der Waals surface area (Å²) in [6.07, 6.45) is 2.62. The minimum Gasteiger partial charge on any atom is -0.369 e. The maximum absolute atomic E-state index is 12.6. The van der Waals surface area contributed by atoms with E-state index in [1.165, 1.54) is 5.69 Å². The highest BCUT2D eigenvalue weighted by Gasteiger charge is 2.31. The Bertz CT molecular complexity index is 570. The van der Waals surface area contributed by atoms with E-state index < -0.39 is 6.04 Å². The van der Waals surface area contributed by atoms with E-state index in [0.717, 1.165) is 39.0 Å². The van der Waals surface area contributed by atoms with Gasteiger partial charge in [-0.25, -0.2) is 0 Å². The predicted molar refractivity (Wildman–Crippen MR) is 93.6 cm³/mol. The van der Waals surface area contributed by atoms with Crippen molar-refractivity contribution < 1.29 is 9.59 Å². The Kier molecular flexibility index (Phi) is 5.35. The number of piperazine rings is 1. The lowest BCUT2D eigenvalue weighted by molar-refractivity contribution is -0.142. The third-order valence-electron chi connectivity index (χ3n) is 5.00. The molecular weight excluding hydrogens is 304 g/mol. The minimum atomic E-state index is -0.420. The van der Waals surface area contributed by atoms with Gasteiger partial charge in [0.2, 0.25) is 11.8 Å². The zero-order chi connectivity index (χ0) is 16.9. The summed E-state index contributed by atoms with van der Waals surface area (Å²) in [5.41, 5.74) is 6.69. The maximum atomic E-state index is 12.6. The molecule has 3 rings (SSSR count). The third kappa shape index (κ3) is 3.87. The Hall–Kier alpha value is -2.08. The van der Waals surface area contributed by atoms with Crippen molar-refractivity contribution in [2.45, 2.75) is 25.3 Å². The number of primary amides is 1. The number of benzene rings is 1. The highest BCUT2D eigenvalue weighted by Crippen LogP contribution is 2.18. The molecule has 2 fully saturated rings. The van der Waals surface area contributed by atoms with Crippen LogP contribution in [0.4, 0.5) is 5.69 Å². The SMILES string of the molecule is NC(=O)[C@@H]1CCCCN1C(=O)CN1CCN(c2ccccc2)CC1. The molecule has 1 atom stereocenters. The van der Waals surface area contributed by atoms with Gasteiger partial charge >= 0.3 is 0 Å². The molecule has 0 aliphatic carbocycles. The Morgan fingerprint density at radius 3 is 2.38 bits per heavy atom. The van der Waals surface area contributed by atoms with Crippen LogP contribution in [-0.2, 0) is 9.59 Å². The molecule has 0 spiro atoms. The fourth-order valence-corrected chi connectivity index (χ4v) is 3.61. The molecule has 0 radical (unpaired) electrons. The summed E-state index contributed by atoms with van der Waals surface area (Å²) in [6, 6.07) is 9.93. The number of nitrogens with two attached hydrogens (primary N) is 1. The highest BCUT2D eigenvalue weighted by atomic mass is 16.2. The fourth-order valence-electron chi connectivity index (χ4n) is 3.61. The number of rotatable bonds is 4. The number of nitrogens with zero attached hydrogens (tertiary/aromatic N) is 3. The first-order valence-electron chi connectivity index (χ1n) is 8.76. The van der Waals surface area contributed by atoms with Gasteiger partial charge < -0.3 is 15.5 Å². The number of carbonyl (C=O) groups is 2. The van der Waals surface area contributed by atoms with Crippen molar-refractivity contribution in [1.82, 2.24) is 9.80 Å². The monoisotopic (exact) mass is 330 g/mol.